The van der Waals surface area contributed by atoms with Crippen LogP contribution in [0.1, 0.15) is 53.0 Å². The third kappa shape index (κ3) is 4.11. The summed E-state index contributed by atoms with van der Waals surface area (Å²) in [5.41, 5.74) is 0.741. The first-order chi connectivity index (χ1) is 12.6. The topological polar surface area (TPSA) is 90.4 Å². The van der Waals surface area contributed by atoms with Crippen molar-refractivity contribution in [3.05, 3.63) is 65.2 Å². The van der Waals surface area contributed by atoms with Gasteiger partial charge in [0.25, 0.3) is 5.91 Å². The molecule has 0 aliphatic heterocycles. The van der Waals surface area contributed by atoms with E-state index in [4.69, 9.17) is 13.7 Å². The average Bonchev–Trinajstić information content (AvgIpc) is 3.24. The Morgan fingerprint density at radius 2 is 2.04 bits per heavy atom. The summed E-state index contributed by atoms with van der Waals surface area (Å²) in [6.45, 7) is 5.73. The van der Waals surface area contributed by atoms with E-state index in [1.807, 2.05) is 44.2 Å². The van der Waals surface area contributed by atoms with Crippen molar-refractivity contribution in [2.24, 2.45) is 0 Å². The van der Waals surface area contributed by atoms with Gasteiger partial charge in [-0.3, -0.25) is 4.79 Å². The van der Waals surface area contributed by atoms with Crippen LogP contribution in [0, 0.1) is 13.8 Å². The second-order valence-corrected chi connectivity index (χ2v) is 5.94. The number of hydrogen-bond acceptors (Lipinski definition) is 6. The van der Waals surface area contributed by atoms with E-state index in [0.717, 1.165) is 11.3 Å². The van der Waals surface area contributed by atoms with Crippen molar-refractivity contribution in [2.45, 2.75) is 39.8 Å². The van der Waals surface area contributed by atoms with Crippen LogP contribution in [0.5, 0.6) is 5.75 Å². The van der Waals surface area contributed by atoms with Gasteiger partial charge in [0.15, 0.2) is 11.6 Å². The fraction of sp³-hybridized carbons (Fsp3) is 0.316. The maximum Gasteiger partial charge on any atom is 0.287 e. The molecule has 3 rings (SSSR count). The zero-order valence-corrected chi connectivity index (χ0v) is 15.0. The molecule has 0 fully saturated rings. The summed E-state index contributed by atoms with van der Waals surface area (Å²) in [5, 5.41) is 6.63. The van der Waals surface area contributed by atoms with Crippen molar-refractivity contribution >= 4 is 5.91 Å². The highest BCUT2D eigenvalue weighted by Crippen LogP contribution is 2.20. The first kappa shape index (κ1) is 17.7. The Morgan fingerprint density at radius 1 is 1.27 bits per heavy atom. The van der Waals surface area contributed by atoms with Crippen molar-refractivity contribution in [1.82, 2.24) is 15.5 Å². The van der Waals surface area contributed by atoms with E-state index in [1.54, 1.807) is 13.0 Å². The molecule has 7 heteroatoms. The van der Waals surface area contributed by atoms with Gasteiger partial charge in [0, 0.05) is 5.56 Å². The molecule has 2 aromatic heterocycles. The second-order valence-electron chi connectivity index (χ2n) is 5.94. The molecular formula is C19H21N3O4. The molecule has 3 aromatic rings. The largest absolute Gasteiger partial charge is 0.486 e. The molecule has 0 saturated heterocycles. The predicted molar refractivity (Wildman–Crippen MR) is 93.8 cm³/mol. The van der Waals surface area contributed by atoms with Gasteiger partial charge < -0.3 is 19.0 Å². The minimum Gasteiger partial charge on any atom is -0.486 e. The summed E-state index contributed by atoms with van der Waals surface area (Å²) in [7, 11) is 0. The zero-order chi connectivity index (χ0) is 18.5. The summed E-state index contributed by atoms with van der Waals surface area (Å²) in [6, 6.07) is 10.9. The highest BCUT2D eigenvalue weighted by molar-refractivity contribution is 5.93. The average molecular weight is 355 g/mol. The maximum atomic E-state index is 12.6. The molecule has 0 bridgehead atoms. The molecule has 0 aliphatic carbocycles. The molecule has 0 radical (unpaired) electrons. The van der Waals surface area contributed by atoms with E-state index >= 15 is 0 Å². The number of ether oxygens (including phenoxy) is 1. The van der Waals surface area contributed by atoms with Crippen molar-refractivity contribution in [2.75, 3.05) is 0 Å². The lowest BCUT2D eigenvalue weighted by Crippen LogP contribution is -2.28. The monoisotopic (exact) mass is 355 g/mol. The smallest absolute Gasteiger partial charge is 0.287 e. The van der Waals surface area contributed by atoms with E-state index in [-0.39, 0.29) is 24.3 Å². The lowest BCUT2D eigenvalue weighted by molar-refractivity contribution is 0.0894. The van der Waals surface area contributed by atoms with Gasteiger partial charge in [-0.15, -0.1) is 0 Å². The van der Waals surface area contributed by atoms with Gasteiger partial charge in [-0.25, -0.2) is 0 Å². The fourth-order valence-electron chi connectivity index (χ4n) is 2.53. The van der Waals surface area contributed by atoms with E-state index in [1.165, 1.54) is 0 Å². The first-order valence-electron chi connectivity index (χ1n) is 8.45. The lowest BCUT2D eigenvalue weighted by atomic mass is 10.2. The summed E-state index contributed by atoms with van der Waals surface area (Å²) in [6.07, 6.45) is 0.622. The molecular weight excluding hydrogens is 334 g/mol. The molecule has 0 aliphatic rings. The Hall–Kier alpha value is -3.09. The highest BCUT2D eigenvalue weighted by Gasteiger charge is 2.23. The van der Waals surface area contributed by atoms with Crippen molar-refractivity contribution < 1.29 is 18.5 Å². The maximum absolute atomic E-state index is 12.6. The molecule has 26 heavy (non-hydrogen) atoms. The Balaban J connectivity index is 1.66. The Kier molecular flexibility index (Phi) is 5.36. The summed E-state index contributed by atoms with van der Waals surface area (Å²) >= 11 is 0. The van der Waals surface area contributed by atoms with E-state index in [2.05, 4.69) is 15.5 Å². The van der Waals surface area contributed by atoms with Gasteiger partial charge in [0.05, 0.1) is 0 Å². The molecule has 0 saturated carbocycles. The van der Waals surface area contributed by atoms with Crippen LogP contribution in [0.15, 0.2) is 45.3 Å². The summed E-state index contributed by atoms with van der Waals surface area (Å²) in [5.74, 6) is 2.17. The SMILES string of the molecule is CCC(NC(=O)c1oc(COc2ccccc2)cc1C)c1nc(C)no1. The number of carbonyl (C=O) groups excluding carboxylic acids is 1. The van der Waals surface area contributed by atoms with Crippen LogP contribution in [0.2, 0.25) is 0 Å². The van der Waals surface area contributed by atoms with E-state index in [9.17, 15) is 4.79 Å². The van der Waals surface area contributed by atoms with Gasteiger partial charge in [0.1, 0.15) is 24.2 Å². The quantitative estimate of drug-likeness (QED) is 0.694. The molecule has 0 spiro atoms. The molecule has 1 aromatic carbocycles. The number of rotatable bonds is 7. The number of nitrogens with one attached hydrogen (secondary N) is 1. The third-order valence-electron chi connectivity index (χ3n) is 3.85. The Morgan fingerprint density at radius 3 is 2.69 bits per heavy atom. The molecule has 2 heterocycles. The number of carbonyl (C=O) groups is 1. The summed E-state index contributed by atoms with van der Waals surface area (Å²) < 4.78 is 16.5. The van der Waals surface area contributed by atoms with E-state index < -0.39 is 0 Å². The normalized spacial score (nSPS) is 12.0. The minimum absolute atomic E-state index is 0.248. The van der Waals surface area contributed by atoms with Crippen molar-refractivity contribution in [1.29, 1.82) is 0 Å². The molecule has 1 atom stereocenters. The van der Waals surface area contributed by atoms with Crippen LogP contribution < -0.4 is 10.1 Å². The van der Waals surface area contributed by atoms with Crippen LogP contribution >= 0.6 is 0 Å². The Bertz CT molecular complexity index is 870. The first-order valence-corrected chi connectivity index (χ1v) is 8.45. The van der Waals surface area contributed by atoms with Crippen LogP contribution in [0.4, 0.5) is 0 Å². The standard InChI is InChI=1S/C19H21N3O4/c1-4-16(19-20-13(3)22-26-19)21-18(23)17-12(2)10-15(25-17)11-24-14-8-6-5-7-9-14/h5-10,16H,4,11H2,1-3H3,(H,21,23). The van der Waals surface area contributed by atoms with Gasteiger partial charge in [0.2, 0.25) is 5.89 Å². The number of para-hydroxylation sites is 1. The fourth-order valence-corrected chi connectivity index (χ4v) is 2.53. The Labute approximate surface area is 151 Å². The van der Waals surface area contributed by atoms with Gasteiger partial charge in [-0.05, 0) is 38.5 Å². The molecule has 1 amide bonds. The number of amides is 1. The van der Waals surface area contributed by atoms with Gasteiger partial charge >= 0.3 is 0 Å². The number of aromatic nitrogens is 2. The number of benzene rings is 1. The molecule has 1 N–H and O–H groups in total. The molecule has 136 valence electrons. The third-order valence-corrected chi connectivity index (χ3v) is 3.85. The van der Waals surface area contributed by atoms with Crippen LogP contribution in [-0.4, -0.2) is 16.0 Å². The minimum atomic E-state index is -0.364. The molecule has 7 nitrogen and oxygen atoms in total. The van der Waals surface area contributed by atoms with Crippen LogP contribution in [-0.2, 0) is 6.61 Å². The number of nitrogens with zero attached hydrogens (tertiary/aromatic N) is 2. The van der Waals surface area contributed by atoms with Crippen LogP contribution in [0.25, 0.3) is 0 Å². The number of aryl methyl sites for hydroxylation is 2. The number of hydrogen-bond donors (Lipinski definition) is 1. The van der Waals surface area contributed by atoms with Gasteiger partial charge in [-0.1, -0.05) is 30.3 Å². The summed E-state index contributed by atoms with van der Waals surface area (Å²) in [4.78, 5) is 16.7. The van der Waals surface area contributed by atoms with E-state index in [0.29, 0.717) is 23.9 Å². The van der Waals surface area contributed by atoms with Crippen LogP contribution in [0.3, 0.4) is 0 Å². The van der Waals surface area contributed by atoms with Crippen molar-refractivity contribution in [3.8, 4) is 5.75 Å². The number of furan rings is 1. The van der Waals surface area contributed by atoms with Crippen molar-refractivity contribution in [3.63, 3.8) is 0 Å². The second kappa shape index (κ2) is 7.86. The predicted octanol–water partition coefficient (Wildman–Crippen LogP) is 3.74. The lowest BCUT2D eigenvalue weighted by Gasteiger charge is -2.11. The molecule has 1 unspecified atom stereocenters. The zero-order valence-electron chi connectivity index (χ0n) is 15.0. The highest BCUT2D eigenvalue weighted by atomic mass is 16.5. The van der Waals surface area contributed by atoms with Gasteiger partial charge in [-0.2, -0.15) is 4.98 Å².